The van der Waals surface area contributed by atoms with Gasteiger partial charge in [0.2, 0.25) is 0 Å². The lowest BCUT2D eigenvalue weighted by molar-refractivity contribution is 0.206. The van der Waals surface area contributed by atoms with Crippen LogP contribution in [0.1, 0.15) is 12.7 Å². The molecule has 0 amide bonds. The van der Waals surface area contributed by atoms with Gasteiger partial charge in [-0.05, 0) is 13.0 Å². The van der Waals surface area contributed by atoms with Gasteiger partial charge in [-0.2, -0.15) is 0 Å². The number of aromatic nitrogens is 2. The van der Waals surface area contributed by atoms with Crippen molar-refractivity contribution in [3.8, 4) is 0 Å². The van der Waals surface area contributed by atoms with Crippen molar-refractivity contribution in [1.29, 1.82) is 0 Å². The normalized spacial score (nSPS) is 15.6. The second-order valence-corrected chi connectivity index (χ2v) is 3.15. The summed E-state index contributed by atoms with van der Waals surface area (Å²) in [5, 5.41) is 8.87. The molecule has 0 bridgehead atoms. The first kappa shape index (κ1) is 9.09. The summed E-state index contributed by atoms with van der Waals surface area (Å²) in [7, 11) is 0. The largest absolute Gasteiger partial charge is 0.394 e. The Labute approximate surface area is 71.5 Å². The minimum Gasteiger partial charge on any atom is -0.394 e. The number of hydrogen-bond donors (Lipinski definition) is 2. The Morgan fingerprint density at radius 3 is 2.58 bits per heavy atom. The van der Waals surface area contributed by atoms with Gasteiger partial charge in [0.15, 0.2) is 0 Å². The van der Waals surface area contributed by atoms with Crippen molar-refractivity contribution in [2.75, 3.05) is 6.61 Å². The fourth-order valence-corrected chi connectivity index (χ4v) is 0.838. The van der Waals surface area contributed by atoms with Crippen molar-refractivity contribution in [2.45, 2.75) is 18.9 Å². The van der Waals surface area contributed by atoms with E-state index >= 15 is 0 Å². The predicted molar refractivity (Wildman–Crippen MR) is 45.4 cm³/mol. The maximum absolute atomic E-state index is 8.87. The highest BCUT2D eigenvalue weighted by Gasteiger charge is 2.18. The molecular weight excluding hydrogens is 154 g/mol. The molecule has 1 atom stereocenters. The highest BCUT2D eigenvalue weighted by atomic mass is 16.3. The molecule has 0 fully saturated rings. The summed E-state index contributed by atoms with van der Waals surface area (Å²) >= 11 is 0. The minimum atomic E-state index is -0.624. The third-order valence-electron chi connectivity index (χ3n) is 1.54. The van der Waals surface area contributed by atoms with Gasteiger partial charge in [-0.25, -0.2) is 9.97 Å². The molecule has 66 valence electrons. The zero-order chi connectivity index (χ0) is 9.03. The Hall–Kier alpha value is -1.00. The van der Waals surface area contributed by atoms with E-state index in [1.807, 2.05) is 0 Å². The van der Waals surface area contributed by atoms with E-state index in [9.17, 15) is 0 Å². The topological polar surface area (TPSA) is 72.0 Å². The van der Waals surface area contributed by atoms with Gasteiger partial charge in [0.1, 0.15) is 5.82 Å². The van der Waals surface area contributed by atoms with Gasteiger partial charge in [-0.15, -0.1) is 0 Å². The first-order valence-corrected chi connectivity index (χ1v) is 3.80. The molecule has 0 saturated carbocycles. The Morgan fingerprint density at radius 1 is 1.50 bits per heavy atom. The summed E-state index contributed by atoms with van der Waals surface area (Å²) in [6, 6.07) is 1.75. The summed E-state index contributed by atoms with van der Waals surface area (Å²) in [4.78, 5) is 8.02. The van der Waals surface area contributed by atoms with Gasteiger partial charge in [-0.3, -0.25) is 0 Å². The zero-order valence-electron chi connectivity index (χ0n) is 7.07. The molecule has 12 heavy (non-hydrogen) atoms. The maximum Gasteiger partial charge on any atom is 0.130 e. The van der Waals surface area contributed by atoms with Crippen LogP contribution in [0.3, 0.4) is 0 Å². The summed E-state index contributed by atoms with van der Waals surface area (Å²) < 4.78 is 0. The van der Waals surface area contributed by atoms with Gasteiger partial charge in [0, 0.05) is 24.4 Å². The zero-order valence-corrected chi connectivity index (χ0v) is 7.07. The van der Waals surface area contributed by atoms with Gasteiger partial charge in [0.05, 0.1) is 6.61 Å². The highest BCUT2D eigenvalue weighted by molar-refractivity contribution is 4.95. The van der Waals surface area contributed by atoms with Crippen LogP contribution in [-0.2, 0) is 6.42 Å². The van der Waals surface area contributed by atoms with E-state index in [1.165, 1.54) is 0 Å². The minimum absolute atomic E-state index is 0.0642. The molecule has 0 aliphatic carbocycles. The smallest absolute Gasteiger partial charge is 0.130 e. The molecule has 0 saturated heterocycles. The van der Waals surface area contributed by atoms with Crippen molar-refractivity contribution < 1.29 is 5.11 Å². The number of nitrogens with zero attached hydrogens (tertiary/aromatic N) is 2. The van der Waals surface area contributed by atoms with Crippen molar-refractivity contribution >= 4 is 0 Å². The summed E-state index contributed by atoms with van der Waals surface area (Å²) in [5.41, 5.74) is 5.09. The van der Waals surface area contributed by atoms with Crippen LogP contribution in [0.15, 0.2) is 18.5 Å². The Morgan fingerprint density at radius 2 is 2.08 bits per heavy atom. The van der Waals surface area contributed by atoms with Crippen LogP contribution < -0.4 is 5.73 Å². The van der Waals surface area contributed by atoms with E-state index in [2.05, 4.69) is 9.97 Å². The molecule has 0 radical (unpaired) electrons. The second kappa shape index (κ2) is 3.60. The van der Waals surface area contributed by atoms with E-state index in [1.54, 1.807) is 25.4 Å². The van der Waals surface area contributed by atoms with E-state index in [4.69, 9.17) is 10.8 Å². The summed E-state index contributed by atoms with van der Waals surface area (Å²) in [5.74, 6) is 0.663. The number of nitrogens with two attached hydrogens (primary N) is 1. The van der Waals surface area contributed by atoms with Crippen LogP contribution in [0, 0.1) is 0 Å². The van der Waals surface area contributed by atoms with E-state index < -0.39 is 5.54 Å². The van der Waals surface area contributed by atoms with Crippen molar-refractivity contribution in [3.05, 3.63) is 24.3 Å². The molecule has 4 nitrogen and oxygen atoms in total. The Balaban J connectivity index is 2.64. The average molecular weight is 167 g/mol. The first-order valence-electron chi connectivity index (χ1n) is 3.80. The van der Waals surface area contributed by atoms with Gasteiger partial charge in [0.25, 0.3) is 0 Å². The van der Waals surface area contributed by atoms with E-state index in [0.29, 0.717) is 12.2 Å². The maximum atomic E-state index is 8.87. The van der Waals surface area contributed by atoms with Crippen molar-refractivity contribution in [1.82, 2.24) is 9.97 Å². The summed E-state index contributed by atoms with van der Waals surface area (Å²) in [6.45, 7) is 1.70. The van der Waals surface area contributed by atoms with Crippen LogP contribution in [0.25, 0.3) is 0 Å². The highest BCUT2D eigenvalue weighted by Crippen LogP contribution is 2.04. The molecule has 0 aromatic carbocycles. The van der Waals surface area contributed by atoms with Crippen LogP contribution >= 0.6 is 0 Å². The number of hydrogen-bond acceptors (Lipinski definition) is 4. The van der Waals surface area contributed by atoms with Crippen LogP contribution in [0.5, 0.6) is 0 Å². The molecule has 1 aromatic rings. The van der Waals surface area contributed by atoms with Crippen LogP contribution in [0.2, 0.25) is 0 Å². The number of rotatable bonds is 3. The molecule has 0 spiro atoms. The van der Waals surface area contributed by atoms with E-state index in [-0.39, 0.29) is 6.61 Å². The summed E-state index contributed by atoms with van der Waals surface area (Å²) in [6.07, 6.45) is 3.82. The third-order valence-corrected chi connectivity index (χ3v) is 1.54. The fraction of sp³-hybridized carbons (Fsp3) is 0.500. The Kier molecular flexibility index (Phi) is 2.73. The first-order chi connectivity index (χ1) is 5.64. The SMILES string of the molecule is CC(N)(CO)Cc1ncccn1. The number of aliphatic hydroxyl groups excluding tert-OH is 1. The van der Waals surface area contributed by atoms with Crippen molar-refractivity contribution in [2.24, 2.45) is 5.73 Å². The quantitative estimate of drug-likeness (QED) is 0.650. The second-order valence-electron chi connectivity index (χ2n) is 3.15. The predicted octanol–water partition coefficient (Wildman–Crippen LogP) is -0.271. The standard InChI is InChI=1S/C8H13N3O/c1-8(9,6-12)5-7-10-3-2-4-11-7/h2-4,12H,5-6,9H2,1H3. The monoisotopic (exact) mass is 167 g/mol. The van der Waals surface area contributed by atoms with Crippen LogP contribution in [-0.4, -0.2) is 27.2 Å². The lowest BCUT2D eigenvalue weighted by Gasteiger charge is -2.19. The molecular formula is C8H13N3O. The molecule has 0 aliphatic rings. The number of aliphatic hydroxyl groups is 1. The lowest BCUT2D eigenvalue weighted by Crippen LogP contribution is -2.42. The molecule has 0 aliphatic heterocycles. The fourth-order valence-electron chi connectivity index (χ4n) is 0.838. The van der Waals surface area contributed by atoms with Gasteiger partial charge >= 0.3 is 0 Å². The van der Waals surface area contributed by atoms with E-state index in [0.717, 1.165) is 0 Å². The molecule has 1 rings (SSSR count). The third kappa shape index (κ3) is 2.56. The average Bonchev–Trinajstić information content (AvgIpc) is 2.06. The lowest BCUT2D eigenvalue weighted by atomic mass is 10.0. The Bertz CT molecular complexity index is 235. The molecule has 1 aromatic heterocycles. The van der Waals surface area contributed by atoms with Gasteiger partial charge < -0.3 is 10.8 Å². The van der Waals surface area contributed by atoms with Crippen LogP contribution in [0.4, 0.5) is 0 Å². The van der Waals surface area contributed by atoms with Crippen molar-refractivity contribution in [3.63, 3.8) is 0 Å². The van der Waals surface area contributed by atoms with Gasteiger partial charge in [-0.1, -0.05) is 0 Å². The molecule has 4 heteroatoms. The molecule has 1 unspecified atom stereocenters. The molecule has 1 heterocycles. The molecule has 3 N–H and O–H groups in total.